The summed E-state index contributed by atoms with van der Waals surface area (Å²) < 4.78 is 39.7. The van der Waals surface area contributed by atoms with Gasteiger partial charge in [-0.1, -0.05) is 0 Å². The third-order valence-electron chi connectivity index (χ3n) is 6.14. The van der Waals surface area contributed by atoms with E-state index in [0.717, 1.165) is 0 Å². The third kappa shape index (κ3) is 14.1. The van der Waals surface area contributed by atoms with E-state index in [1.165, 1.54) is 0 Å². The van der Waals surface area contributed by atoms with E-state index >= 15 is 0 Å². The Hall–Kier alpha value is -3.43. The van der Waals surface area contributed by atoms with Crippen LogP contribution in [-0.2, 0) is 24.0 Å². The Morgan fingerprint density at radius 2 is 1.48 bits per heavy atom. The fraction of sp³-hybridized carbons (Fsp3) is 0.750. The van der Waals surface area contributed by atoms with E-state index in [9.17, 15) is 37.1 Å². The highest BCUT2D eigenvalue weighted by atomic mass is 19.4. The van der Waals surface area contributed by atoms with Gasteiger partial charge in [0.1, 0.15) is 12.1 Å². The van der Waals surface area contributed by atoms with Crippen LogP contribution in [0.5, 0.6) is 0 Å². The maximum atomic E-state index is 13.2. The number of guanidine groups is 1. The number of ketones is 1. The van der Waals surface area contributed by atoms with Gasteiger partial charge in [-0.3, -0.25) is 29.0 Å². The number of amides is 4. The number of halogens is 3. The van der Waals surface area contributed by atoms with Crippen LogP contribution >= 0.6 is 0 Å². The molecule has 1 aliphatic rings. The number of rotatable bonds is 9. The Kier molecular flexibility index (Phi) is 15.6. The second kappa shape index (κ2) is 18.0. The summed E-state index contributed by atoms with van der Waals surface area (Å²) in [5.74, 6) is -4.75. The van der Waals surface area contributed by atoms with Crippen molar-refractivity contribution < 1.29 is 37.1 Å². The molecule has 40 heavy (non-hydrogen) atoms. The van der Waals surface area contributed by atoms with Crippen LogP contribution in [0.15, 0.2) is 4.99 Å². The minimum Gasteiger partial charge on any atom is -0.370 e. The maximum absolute atomic E-state index is 13.2. The number of nitrogens with zero attached hydrogens (tertiary/aromatic N) is 1. The molecule has 228 valence electrons. The van der Waals surface area contributed by atoms with Crippen molar-refractivity contribution in [3.8, 4) is 0 Å². The second-order valence-electron chi connectivity index (χ2n) is 9.54. The van der Waals surface area contributed by atoms with Crippen LogP contribution in [0.3, 0.4) is 0 Å². The van der Waals surface area contributed by atoms with Gasteiger partial charge in [0.2, 0.25) is 23.6 Å². The molecular weight excluding hydrogens is 537 g/mol. The van der Waals surface area contributed by atoms with Crippen LogP contribution in [0.25, 0.3) is 0 Å². The first-order valence-corrected chi connectivity index (χ1v) is 13.4. The molecule has 0 spiro atoms. The number of hydrogen-bond donors (Lipinski definition) is 7. The summed E-state index contributed by atoms with van der Waals surface area (Å²) in [6.07, 6.45) is -3.60. The second-order valence-corrected chi connectivity index (χ2v) is 9.54. The summed E-state index contributed by atoms with van der Waals surface area (Å²) in [5.41, 5.74) is 16.1. The van der Waals surface area contributed by atoms with E-state index in [2.05, 4.69) is 26.3 Å². The number of nitrogens with one attached hydrogen (secondary N) is 4. The van der Waals surface area contributed by atoms with Gasteiger partial charge in [0.15, 0.2) is 5.96 Å². The van der Waals surface area contributed by atoms with E-state index in [4.69, 9.17) is 17.2 Å². The van der Waals surface area contributed by atoms with E-state index in [0.29, 0.717) is 12.8 Å². The molecule has 1 rings (SSSR count). The molecule has 1 fully saturated rings. The Morgan fingerprint density at radius 1 is 0.850 bits per heavy atom. The molecule has 10 N–H and O–H groups in total. The van der Waals surface area contributed by atoms with Crippen LogP contribution in [0.1, 0.15) is 70.6 Å². The largest absolute Gasteiger partial charge is 0.452 e. The van der Waals surface area contributed by atoms with Gasteiger partial charge in [-0.25, -0.2) is 0 Å². The van der Waals surface area contributed by atoms with Gasteiger partial charge >= 0.3 is 6.18 Å². The summed E-state index contributed by atoms with van der Waals surface area (Å²) in [7, 11) is 0. The predicted octanol–water partition coefficient (Wildman–Crippen LogP) is -0.775. The molecule has 0 aromatic carbocycles. The molecule has 4 amide bonds. The Labute approximate surface area is 231 Å². The molecule has 0 unspecified atom stereocenters. The van der Waals surface area contributed by atoms with Gasteiger partial charge in [-0.05, 0) is 64.3 Å². The molecule has 13 nitrogen and oxygen atoms in total. The molecular formula is C24H41F3N8O5. The monoisotopic (exact) mass is 578 g/mol. The normalized spacial score (nSPS) is 22.6. The molecule has 0 aliphatic carbocycles. The van der Waals surface area contributed by atoms with E-state index in [-0.39, 0.29) is 89.3 Å². The molecule has 0 aromatic rings. The van der Waals surface area contributed by atoms with E-state index in [1.54, 1.807) is 0 Å². The standard InChI is InChI=1S/C24H41F3N8O5/c25-24(26,27)20(38)15-7-1-3-13-31-18(36)10-5-11-19(37)33-16(8-2-4-14-32-23(29)30)21(39)35-17(9-6-12-28)22(40)34-15/h15-17H,1-14,28H2,(H,31,36)(H,33,37)(H,34,40)(H,35,39)(H4,29,30,32)/t15-,16-,17-/m0/s1. The number of nitrogens with two attached hydrogens (primary N) is 3. The summed E-state index contributed by atoms with van der Waals surface area (Å²) in [6, 6.07) is -4.25. The summed E-state index contributed by atoms with van der Waals surface area (Å²) in [6.45, 7) is 0.583. The lowest BCUT2D eigenvalue weighted by Crippen LogP contribution is -2.56. The van der Waals surface area contributed by atoms with Crippen LogP contribution in [-0.4, -0.2) is 79.3 Å². The first-order valence-electron chi connectivity index (χ1n) is 13.4. The molecule has 1 aliphatic heterocycles. The minimum atomic E-state index is -5.19. The Morgan fingerprint density at radius 3 is 2.12 bits per heavy atom. The number of carbonyl (C=O) groups excluding carboxylic acids is 5. The number of unbranched alkanes of at least 4 members (excludes halogenated alkanes) is 1. The lowest BCUT2D eigenvalue weighted by Gasteiger charge is -2.26. The smallest absolute Gasteiger partial charge is 0.370 e. The zero-order valence-corrected chi connectivity index (χ0v) is 22.5. The van der Waals surface area contributed by atoms with E-state index < -0.39 is 47.8 Å². The Bertz CT molecular complexity index is 896. The zero-order valence-electron chi connectivity index (χ0n) is 22.5. The average molecular weight is 579 g/mol. The fourth-order valence-electron chi connectivity index (χ4n) is 4.00. The molecule has 3 atom stereocenters. The topological polar surface area (TPSA) is 224 Å². The van der Waals surface area contributed by atoms with Gasteiger partial charge < -0.3 is 38.5 Å². The first-order chi connectivity index (χ1) is 18.8. The number of Topliss-reactive ketones (excluding diaryl/α,β-unsaturated/α-hetero) is 1. The van der Waals surface area contributed by atoms with Crippen molar-refractivity contribution >= 4 is 35.4 Å². The van der Waals surface area contributed by atoms with Gasteiger partial charge in [0.25, 0.3) is 5.78 Å². The van der Waals surface area contributed by atoms with Crippen molar-refractivity contribution in [1.29, 1.82) is 0 Å². The van der Waals surface area contributed by atoms with Crippen molar-refractivity contribution in [2.24, 2.45) is 22.2 Å². The van der Waals surface area contributed by atoms with Crippen LogP contribution < -0.4 is 38.5 Å². The lowest BCUT2D eigenvalue weighted by molar-refractivity contribution is -0.174. The van der Waals surface area contributed by atoms with Crippen LogP contribution in [0.4, 0.5) is 13.2 Å². The maximum Gasteiger partial charge on any atom is 0.452 e. The van der Waals surface area contributed by atoms with Crippen molar-refractivity contribution in [3.63, 3.8) is 0 Å². The number of hydrogen-bond acceptors (Lipinski definition) is 7. The quantitative estimate of drug-likeness (QED) is 0.104. The number of alkyl halides is 3. The molecule has 16 heteroatoms. The Balaban J connectivity index is 3.17. The zero-order chi connectivity index (χ0) is 30.1. The molecule has 0 aromatic heterocycles. The van der Waals surface area contributed by atoms with Crippen LogP contribution in [0, 0.1) is 0 Å². The highest BCUT2D eigenvalue weighted by Gasteiger charge is 2.44. The molecule has 0 saturated carbocycles. The number of aliphatic imine (C=N–C) groups is 1. The predicted molar refractivity (Wildman–Crippen MR) is 140 cm³/mol. The van der Waals surface area contributed by atoms with Gasteiger partial charge in [-0.2, -0.15) is 13.2 Å². The van der Waals surface area contributed by atoms with Crippen molar-refractivity contribution in [1.82, 2.24) is 21.3 Å². The van der Waals surface area contributed by atoms with Crippen molar-refractivity contribution in [3.05, 3.63) is 0 Å². The van der Waals surface area contributed by atoms with Gasteiger partial charge in [0.05, 0.1) is 6.04 Å². The van der Waals surface area contributed by atoms with Crippen molar-refractivity contribution in [2.75, 3.05) is 19.6 Å². The van der Waals surface area contributed by atoms with Gasteiger partial charge in [-0.15, -0.1) is 0 Å². The highest BCUT2D eigenvalue weighted by Crippen LogP contribution is 2.20. The molecule has 0 bridgehead atoms. The number of carbonyl (C=O) groups is 5. The summed E-state index contributed by atoms with van der Waals surface area (Å²) in [4.78, 5) is 66.6. The van der Waals surface area contributed by atoms with Crippen LogP contribution in [0.2, 0.25) is 0 Å². The molecule has 1 heterocycles. The fourth-order valence-corrected chi connectivity index (χ4v) is 4.00. The molecule has 1 saturated heterocycles. The van der Waals surface area contributed by atoms with Crippen molar-refractivity contribution in [2.45, 2.75) is 94.9 Å². The van der Waals surface area contributed by atoms with Gasteiger partial charge in [0, 0.05) is 25.9 Å². The average Bonchev–Trinajstić information content (AvgIpc) is 2.87. The lowest BCUT2D eigenvalue weighted by atomic mass is 10.0. The summed E-state index contributed by atoms with van der Waals surface area (Å²) in [5, 5.41) is 9.83. The van der Waals surface area contributed by atoms with E-state index in [1.807, 2.05) is 0 Å². The first kappa shape index (κ1) is 34.6. The molecule has 0 radical (unpaired) electrons. The summed E-state index contributed by atoms with van der Waals surface area (Å²) >= 11 is 0. The SMILES string of the molecule is NCCC[C@@H]1NC(=O)[C@H](CCCCN=C(N)N)NC(=O)CCCC(=O)NCCCC[C@@H](C(=O)C(F)(F)F)NC1=O. The third-order valence-corrected chi connectivity index (χ3v) is 6.14. The minimum absolute atomic E-state index is 0.00179. The highest BCUT2D eigenvalue weighted by molar-refractivity contribution is 5.96.